The summed E-state index contributed by atoms with van der Waals surface area (Å²) in [6, 6.07) is 3.15. The number of amides is 3. The number of rotatable bonds is 3. The van der Waals surface area contributed by atoms with E-state index in [9.17, 15) is 18.8 Å². The Bertz CT molecular complexity index is 555. The van der Waals surface area contributed by atoms with Crippen LogP contribution in [0, 0.1) is 12.7 Å². The predicted octanol–water partition coefficient (Wildman–Crippen LogP) is 1.42. The number of benzene rings is 1. The van der Waals surface area contributed by atoms with Crippen LogP contribution in [-0.4, -0.2) is 23.0 Å². The lowest BCUT2D eigenvalue weighted by molar-refractivity contribution is -0.131. The molecule has 1 aromatic carbocycles. The Kier molecular flexibility index (Phi) is 4.76. The number of carboxylic acid groups (broad SMARTS) is 1. The Morgan fingerprint density at radius 2 is 1.95 bits per heavy atom. The SMILES string of the molecule is Cc1ccc(F)c(NC(=O)NC(=O)/C=C/C(=O)O)c1. The Hall–Kier alpha value is -2.70. The Balaban J connectivity index is 2.63. The molecule has 19 heavy (non-hydrogen) atoms. The fourth-order valence-corrected chi connectivity index (χ4v) is 1.19. The number of hydrogen-bond donors (Lipinski definition) is 3. The van der Waals surface area contributed by atoms with Gasteiger partial charge in [0.05, 0.1) is 5.69 Å². The molecule has 3 N–H and O–H groups in total. The number of aryl methyl sites for hydroxylation is 1. The van der Waals surface area contributed by atoms with Gasteiger partial charge in [0, 0.05) is 12.2 Å². The molecule has 0 aromatic heterocycles. The van der Waals surface area contributed by atoms with Gasteiger partial charge in [-0.25, -0.2) is 14.0 Å². The van der Waals surface area contributed by atoms with Gasteiger partial charge in [-0.05, 0) is 24.6 Å². The molecule has 1 aromatic rings. The fraction of sp³-hybridized carbons (Fsp3) is 0.0833. The number of urea groups is 1. The second-order valence-corrected chi connectivity index (χ2v) is 3.60. The molecule has 7 heteroatoms. The van der Waals surface area contributed by atoms with Gasteiger partial charge in [-0.3, -0.25) is 10.1 Å². The zero-order valence-electron chi connectivity index (χ0n) is 9.94. The van der Waals surface area contributed by atoms with Crippen molar-refractivity contribution in [1.29, 1.82) is 0 Å². The summed E-state index contributed by atoms with van der Waals surface area (Å²) < 4.78 is 13.3. The maximum atomic E-state index is 13.3. The van der Waals surface area contributed by atoms with Crippen molar-refractivity contribution in [1.82, 2.24) is 5.32 Å². The third kappa shape index (κ3) is 4.99. The normalized spacial score (nSPS) is 10.2. The van der Waals surface area contributed by atoms with E-state index in [1.54, 1.807) is 6.92 Å². The van der Waals surface area contributed by atoms with E-state index in [0.29, 0.717) is 12.2 Å². The largest absolute Gasteiger partial charge is 0.478 e. The first-order valence-corrected chi connectivity index (χ1v) is 5.17. The minimum absolute atomic E-state index is 0.0764. The first kappa shape index (κ1) is 14.4. The van der Waals surface area contributed by atoms with Gasteiger partial charge in [-0.15, -0.1) is 0 Å². The average Bonchev–Trinajstić information content (AvgIpc) is 2.31. The number of imide groups is 1. The van der Waals surface area contributed by atoms with Gasteiger partial charge in [-0.1, -0.05) is 6.07 Å². The summed E-state index contributed by atoms with van der Waals surface area (Å²) in [6.45, 7) is 1.71. The van der Waals surface area contributed by atoms with Crippen LogP contribution in [0.1, 0.15) is 5.56 Å². The van der Waals surface area contributed by atoms with Crippen molar-refractivity contribution < 1.29 is 23.9 Å². The lowest BCUT2D eigenvalue weighted by atomic mass is 10.2. The molecule has 6 nitrogen and oxygen atoms in total. The van der Waals surface area contributed by atoms with Crippen molar-refractivity contribution in [2.24, 2.45) is 0 Å². The molecule has 0 radical (unpaired) electrons. The van der Waals surface area contributed by atoms with E-state index in [1.807, 2.05) is 5.32 Å². The van der Waals surface area contributed by atoms with Crippen molar-refractivity contribution >= 4 is 23.6 Å². The molecule has 0 atom stereocenters. The summed E-state index contributed by atoms with van der Waals surface area (Å²) in [4.78, 5) is 32.6. The molecule has 0 spiro atoms. The van der Waals surface area contributed by atoms with Crippen LogP contribution in [0.5, 0.6) is 0 Å². The summed E-state index contributed by atoms with van der Waals surface area (Å²) in [5, 5.41) is 12.2. The van der Waals surface area contributed by atoms with Gasteiger partial charge in [0.15, 0.2) is 0 Å². The van der Waals surface area contributed by atoms with Crippen LogP contribution in [-0.2, 0) is 9.59 Å². The van der Waals surface area contributed by atoms with E-state index in [1.165, 1.54) is 18.2 Å². The number of anilines is 1. The minimum atomic E-state index is -1.32. The van der Waals surface area contributed by atoms with Crippen LogP contribution in [0.15, 0.2) is 30.4 Å². The van der Waals surface area contributed by atoms with Gasteiger partial charge >= 0.3 is 12.0 Å². The smallest absolute Gasteiger partial charge is 0.328 e. The molecule has 1 rings (SSSR count). The summed E-state index contributed by atoms with van der Waals surface area (Å²) in [5.74, 6) is -2.89. The highest BCUT2D eigenvalue weighted by molar-refractivity contribution is 6.06. The van der Waals surface area contributed by atoms with E-state index in [0.717, 1.165) is 5.56 Å². The van der Waals surface area contributed by atoms with E-state index >= 15 is 0 Å². The Morgan fingerprint density at radius 1 is 1.26 bits per heavy atom. The number of carbonyl (C=O) groups is 3. The molecule has 0 bridgehead atoms. The minimum Gasteiger partial charge on any atom is -0.478 e. The Morgan fingerprint density at radius 3 is 2.58 bits per heavy atom. The van der Waals surface area contributed by atoms with Crippen LogP contribution in [0.2, 0.25) is 0 Å². The third-order valence-electron chi connectivity index (χ3n) is 1.98. The van der Waals surface area contributed by atoms with E-state index in [4.69, 9.17) is 5.11 Å². The molecular weight excluding hydrogens is 255 g/mol. The highest BCUT2D eigenvalue weighted by Crippen LogP contribution is 2.15. The van der Waals surface area contributed by atoms with Gasteiger partial charge in [0.1, 0.15) is 5.82 Å². The Labute approximate surface area is 107 Å². The molecule has 0 aliphatic rings. The summed E-state index contributed by atoms with van der Waals surface area (Å²) >= 11 is 0. The number of hydrogen-bond acceptors (Lipinski definition) is 3. The highest BCUT2D eigenvalue weighted by atomic mass is 19.1. The van der Waals surface area contributed by atoms with E-state index in [2.05, 4.69) is 5.32 Å². The van der Waals surface area contributed by atoms with Crippen LogP contribution in [0.4, 0.5) is 14.9 Å². The number of carbonyl (C=O) groups excluding carboxylic acids is 2. The summed E-state index contributed by atoms with van der Waals surface area (Å²) in [5.41, 5.74) is 0.654. The summed E-state index contributed by atoms with van der Waals surface area (Å²) in [7, 11) is 0. The standard InChI is InChI=1S/C12H11FN2O4/c1-7-2-3-8(13)9(6-7)14-12(19)15-10(16)4-5-11(17)18/h2-6H,1H3,(H,17,18)(H2,14,15,16,19)/b5-4+. The van der Waals surface area contributed by atoms with Crippen molar-refractivity contribution in [3.63, 3.8) is 0 Å². The van der Waals surface area contributed by atoms with Gasteiger partial charge in [0.2, 0.25) is 0 Å². The first-order valence-electron chi connectivity index (χ1n) is 5.17. The van der Waals surface area contributed by atoms with Gasteiger partial charge < -0.3 is 10.4 Å². The molecule has 0 saturated heterocycles. The topological polar surface area (TPSA) is 95.5 Å². The molecule has 0 fully saturated rings. The van der Waals surface area contributed by atoms with Gasteiger partial charge in [0.25, 0.3) is 5.91 Å². The number of carboxylic acids is 1. The number of halogens is 1. The van der Waals surface area contributed by atoms with Crippen molar-refractivity contribution in [2.75, 3.05) is 5.32 Å². The molecule has 3 amide bonds. The monoisotopic (exact) mass is 266 g/mol. The number of nitrogens with one attached hydrogen (secondary N) is 2. The molecule has 0 unspecified atom stereocenters. The molecule has 0 aliphatic heterocycles. The maximum Gasteiger partial charge on any atom is 0.328 e. The second kappa shape index (κ2) is 6.29. The quantitative estimate of drug-likeness (QED) is 0.721. The highest BCUT2D eigenvalue weighted by Gasteiger charge is 2.09. The van der Waals surface area contributed by atoms with Crippen LogP contribution < -0.4 is 10.6 Å². The van der Waals surface area contributed by atoms with E-state index < -0.39 is 23.7 Å². The van der Waals surface area contributed by atoms with Crippen LogP contribution >= 0.6 is 0 Å². The molecular formula is C12H11FN2O4. The molecule has 0 heterocycles. The predicted molar refractivity (Wildman–Crippen MR) is 65.1 cm³/mol. The molecule has 0 saturated carbocycles. The average molecular weight is 266 g/mol. The van der Waals surface area contributed by atoms with Crippen LogP contribution in [0.25, 0.3) is 0 Å². The first-order chi connectivity index (χ1) is 8.88. The van der Waals surface area contributed by atoms with Crippen LogP contribution in [0.3, 0.4) is 0 Å². The zero-order chi connectivity index (χ0) is 14.4. The molecule has 0 aliphatic carbocycles. The summed E-state index contributed by atoms with van der Waals surface area (Å²) in [6.07, 6.45) is 1.25. The molecule has 100 valence electrons. The van der Waals surface area contributed by atoms with Crippen molar-refractivity contribution in [3.8, 4) is 0 Å². The zero-order valence-corrected chi connectivity index (χ0v) is 9.94. The maximum absolute atomic E-state index is 13.3. The lowest BCUT2D eigenvalue weighted by Gasteiger charge is -2.07. The lowest BCUT2D eigenvalue weighted by Crippen LogP contribution is -2.33. The van der Waals surface area contributed by atoms with Crippen molar-refractivity contribution in [3.05, 3.63) is 41.7 Å². The fourth-order valence-electron chi connectivity index (χ4n) is 1.19. The van der Waals surface area contributed by atoms with E-state index in [-0.39, 0.29) is 5.69 Å². The second-order valence-electron chi connectivity index (χ2n) is 3.60. The van der Waals surface area contributed by atoms with Gasteiger partial charge in [-0.2, -0.15) is 0 Å². The third-order valence-corrected chi connectivity index (χ3v) is 1.98. The number of aliphatic carboxylic acids is 1. The van der Waals surface area contributed by atoms with Crippen molar-refractivity contribution in [2.45, 2.75) is 6.92 Å².